The van der Waals surface area contributed by atoms with Crippen molar-refractivity contribution in [1.82, 2.24) is 0 Å². The van der Waals surface area contributed by atoms with E-state index in [0.29, 0.717) is 34.5 Å². The van der Waals surface area contributed by atoms with Gasteiger partial charge in [0.1, 0.15) is 17.7 Å². The van der Waals surface area contributed by atoms with Gasteiger partial charge in [-0.3, -0.25) is 4.79 Å². The van der Waals surface area contributed by atoms with Gasteiger partial charge in [-0.1, -0.05) is 12.1 Å². The predicted molar refractivity (Wildman–Crippen MR) is 106 cm³/mol. The number of rotatable bonds is 4. The van der Waals surface area contributed by atoms with Crippen LogP contribution in [0, 0.1) is 5.82 Å². The summed E-state index contributed by atoms with van der Waals surface area (Å²) in [6.07, 6.45) is -0.105. The maximum atomic E-state index is 13.2. The van der Waals surface area contributed by atoms with Crippen molar-refractivity contribution in [2.75, 3.05) is 12.4 Å². The maximum absolute atomic E-state index is 13.2. The van der Waals surface area contributed by atoms with E-state index in [0.717, 1.165) is 5.56 Å². The van der Waals surface area contributed by atoms with Gasteiger partial charge in [-0.2, -0.15) is 0 Å². The summed E-state index contributed by atoms with van der Waals surface area (Å²) >= 11 is 0. The van der Waals surface area contributed by atoms with Crippen molar-refractivity contribution in [3.63, 3.8) is 0 Å². The molecule has 1 aliphatic heterocycles. The fourth-order valence-corrected chi connectivity index (χ4v) is 3.28. The van der Waals surface area contributed by atoms with Gasteiger partial charge in [-0.25, -0.2) is 9.18 Å². The molecule has 1 N–H and O–H groups in total. The lowest BCUT2D eigenvalue weighted by Crippen LogP contribution is -2.23. The van der Waals surface area contributed by atoms with Gasteiger partial charge >= 0.3 is 5.97 Å². The molecule has 0 saturated carbocycles. The van der Waals surface area contributed by atoms with Crippen molar-refractivity contribution in [2.24, 2.45) is 0 Å². The number of ether oxygens (including phenoxy) is 2. The Morgan fingerprint density at radius 2 is 1.79 bits per heavy atom. The van der Waals surface area contributed by atoms with E-state index in [4.69, 9.17) is 9.47 Å². The Kier molecular flexibility index (Phi) is 4.99. The second-order valence-electron chi connectivity index (χ2n) is 6.70. The van der Waals surface area contributed by atoms with E-state index < -0.39 is 12.1 Å². The van der Waals surface area contributed by atoms with Crippen LogP contribution < -0.4 is 10.1 Å². The molecule has 4 rings (SSSR count). The van der Waals surface area contributed by atoms with Gasteiger partial charge in [-0.05, 0) is 65.7 Å². The number of carbonyl (C=O) groups excluding carboxylic acids is 2. The monoisotopic (exact) mass is 391 g/mol. The Labute approximate surface area is 167 Å². The zero-order valence-electron chi connectivity index (χ0n) is 15.6. The summed E-state index contributed by atoms with van der Waals surface area (Å²) in [6.45, 7) is 0. The van der Waals surface area contributed by atoms with Crippen LogP contribution in [0.3, 0.4) is 0 Å². The number of halogens is 1. The molecule has 29 heavy (non-hydrogen) atoms. The van der Waals surface area contributed by atoms with Crippen LogP contribution in [-0.4, -0.2) is 19.0 Å². The molecule has 0 radical (unpaired) electrons. The van der Waals surface area contributed by atoms with E-state index in [1.165, 1.54) is 12.1 Å². The van der Waals surface area contributed by atoms with Crippen LogP contribution in [0.25, 0.3) is 0 Å². The largest absolute Gasteiger partial charge is 0.497 e. The molecule has 0 bridgehead atoms. The molecule has 0 saturated heterocycles. The number of nitrogens with one attached hydrogen (secondary N) is 1. The highest BCUT2D eigenvalue weighted by atomic mass is 19.1. The summed E-state index contributed by atoms with van der Waals surface area (Å²) in [4.78, 5) is 25.0. The van der Waals surface area contributed by atoms with Crippen LogP contribution in [0.5, 0.6) is 5.75 Å². The summed E-state index contributed by atoms with van der Waals surface area (Å²) in [5.41, 5.74) is 2.94. The van der Waals surface area contributed by atoms with Gasteiger partial charge in [0.2, 0.25) is 0 Å². The predicted octanol–water partition coefficient (Wildman–Crippen LogP) is 4.54. The highest BCUT2D eigenvalue weighted by Gasteiger charge is 2.28. The van der Waals surface area contributed by atoms with Crippen molar-refractivity contribution in [2.45, 2.75) is 12.5 Å². The molecule has 1 atom stereocenters. The van der Waals surface area contributed by atoms with Crippen LogP contribution in [0.2, 0.25) is 0 Å². The molecule has 0 spiro atoms. The van der Waals surface area contributed by atoms with E-state index in [9.17, 15) is 14.0 Å². The molecule has 0 aromatic heterocycles. The molecule has 3 aromatic rings. The number of benzene rings is 3. The normalized spacial score (nSPS) is 15.2. The van der Waals surface area contributed by atoms with Gasteiger partial charge < -0.3 is 14.8 Å². The van der Waals surface area contributed by atoms with E-state index in [1.54, 1.807) is 61.7 Å². The van der Waals surface area contributed by atoms with Crippen molar-refractivity contribution in [3.05, 3.63) is 94.8 Å². The standard InChI is InChI=1S/C23H18FNO4/c1-28-19-9-7-18(8-10-19)25-22(26)15-4-11-20-16(12-15)13-21(29-23(20)27)14-2-5-17(24)6-3-14/h2-12,21H,13H2,1H3,(H,25,26)/t21-/m0/s1. The van der Waals surface area contributed by atoms with Gasteiger partial charge in [-0.15, -0.1) is 0 Å². The van der Waals surface area contributed by atoms with E-state index >= 15 is 0 Å². The number of anilines is 1. The first-order valence-corrected chi connectivity index (χ1v) is 9.08. The first kappa shape index (κ1) is 18.7. The van der Waals surface area contributed by atoms with Gasteiger partial charge in [0.25, 0.3) is 5.91 Å². The highest BCUT2D eigenvalue weighted by Crippen LogP contribution is 2.31. The van der Waals surface area contributed by atoms with Crippen molar-refractivity contribution >= 4 is 17.6 Å². The number of esters is 1. The highest BCUT2D eigenvalue weighted by molar-refractivity contribution is 6.05. The fraction of sp³-hybridized carbons (Fsp3) is 0.130. The molecule has 146 valence electrons. The van der Waals surface area contributed by atoms with Crippen LogP contribution in [-0.2, 0) is 11.2 Å². The molecule has 1 heterocycles. The van der Waals surface area contributed by atoms with E-state index in [2.05, 4.69) is 5.32 Å². The fourth-order valence-electron chi connectivity index (χ4n) is 3.28. The Morgan fingerprint density at radius 3 is 2.48 bits per heavy atom. The number of fused-ring (bicyclic) bond motifs is 1. The summed E-state index contributed by atoms with van der Waals surface area (Å²) < 4.78 is 23.8. The number of carbonyl (C=O) groups is 2. The molecule has 0 aliphatic carbocycles. The Morgan fingerprint density at radius 1 is 1.07 bits per heavy atom. The zero-order chi connectivity index (χ0) is 20.4. The van der Waals surface area contributed by atoms with Gasteiger partial charge in [0.15, 0.2) is 0 Å². The van der Waals surface area contributed by atoms with Crippen LogP contribution in [0.15, 0.2) is 66.7 Å². The Balaban J connectivity index is 1.55. The maximum Gasteiger partial charge on any atom is 0.339 e. The summed E-state index contributed by atoms with van der Waals surface area (Å²) in [5.74, 6) is -0.395. The minimum absolute atomic E-state index is 0.282. The molecular formula is C23H18FNO4. The molecule has 3 aromatic carbocycles. The van der Waals surface area contributed by atoms with Crippen LogP contribution >= 0.6 is 0 Å². The van der Waals surface area contributed by atoms with Crippen LogP contribution in [0.1, 0.15) is 37.9 Å². The molecular weight excluding hydrogens is 373 g/mol. The summed E-state index contributed by atoms with van der Waals surface area (Å²) in [7, 11) is 1.57. The molecule has 6 heteroatoms. The molecule has 0 fully saturated rings. The topological polar surface area (TPSA) is 64.6 Å². The third-order valence-electron chi connectivity index (χ3n) is 4.83. The molecule has 0 unspecified atom stereocenters. The lowest BCUT2D eigenvalue weighted by molar-refractivity contribution is 0.0252. The van der Waals surface area contributed by atoms with E-state index in [1.807, 2.05) is 0 Å². The number of cyclic esters (lactones) is 1. The minimum atomic E-state index is -0.518. The third-order valence-corrected chi connectivity index (χ3v) is 4.83. The van der Waals surface area contributed by atoms with Gasteiger partial charge in [0, 0.05) is 17.7 Å². The first-order chi connectivity index (χ1) is 14.0. The first-order valence-electron chi connectivity index (χ1n) is 9.08. The summed E-state index contributed by atoms with van der Waals surface area (Å²) in [5, 5.41) is 2.82. The molecule has 1 amide bonds. The van der Waals surface area contributed by atoms with E-state index in [-0.39, 0.29) is 11.7 Å². The Hall–Kier alpha value is -3.67. The number of hydrogen-bond acceptors (Lipinski definition) is 4. The number of methoxy groups -OCH3 is 1. The zero-order valence-corrected chi connectivity index (χ0v) is 15.6. The molecule has 5 nitrogen and oxygen atoms in total. The Bertz CT molecular complexity index is 1060. The van der Waals surface area contributed by atoms with Crippen molar-refractivity contribution in [3.8, 4) is 5.75 Å². The molecule has 1 aliphatic rings. The summed E-state index contributed by atoms with van der Waals surface area (Å²) in [6, 6.07) is 17.8. The SMILES string of the molecule is COc1ccc(NC(=O)c2ccc3c(c2)C[C@@H](c2ccc(F)cc2)OC3=O)cc1. The van der Waals surface area contributed by atoms with Crippen LogP contribution in [0.4, 0.5) is 10.1 Å². The third kappa shape index (κ3) is 3.96. The lowest BCUT2D eigenvalue weighted by atomic mass is 9.93. The average Bonchev–Trinajstić information content (AvgIpc) is 2.74. The van der Waals surface area contributed by atoms with Crippen molar-refractivity contribution in [1.29, 1.82) is 0 Å². The number of hydrogen-bond donors (Lipinski definition) is 1. The average molecular weight is 391 g/mol. The van der Waals surface area contributed by atoms with Crippen molar-refractivity contribution < 1.29 is 23.5 Å². The quantitative estimate of drug-likeness (QED) is 0.663. The minimum Gasteiger partial charge on any atom is -0.497 e. The number of amides is 1. The lowest BCUT2D eigenvalue weighted by Gasteiger charge is -2.25. The smallest absolute Gasteiger partial charge is 0.339 e. The second kappa shape index (κ2) is 7.75. The van der Waals surface area contributed by atoms with Gasteiger partial charge in [0.05, 0.1) is 12.7 Å². The second-order valence-corrected chi connectivity index (χ2v) is 6.70.